The van der Waals surface area contributed by atoms with Gasteiger partial charge in [-0.1, -0.05) is 28.6 Å². The molecule has 1 rings (SSSR count). The van der Waals surface area contributed by atoms with Crippen molar-refractivity contribution >= 4 is 15.9 Å². The van der Waals surface area contributed by atoms with Crippen molar-refractivity contribution in [1.29, 1.82) is 0 Å². The van der Waals surface area contributed by atoms with Gasteiger partial charge in [-0.2, -0.15) is 0 Å². The Bertz CT molecular complexity index is 228. The number of hydrogen-bond acceptors (Lipinski definition) is 2. The Kier molecular flexibility index (Phi) is 1.85. The third-order valence-corrected chi connectivity index (χ3v) is 2.16. The summed E-state index contributed by atoms with van der Waals surface area (Å²) in [7, 11) is 0. The highest BCUT2D eigenvalue weighted by atomic mass is 79.9. The summed E-state index contributed by atoms with van der Waals surface area (Å²) in [5.41, 5.74) is 0.486. The number of rotatable bonds is 0. The molecule has 1 aliphatic rings. The molecule has 0 heterocycles. The average molecular weight is 203 g/mol. The first kappa shape index (κ1) is 7.41. The van der Waals surface area contributed by atoms with E-state index in [2.05, 4.69) is 22.5 Å². The van der Waals surface area contributed by atoms with E-state index in [0.29, 0.717) is 5.57 Å². The molecule has 0 aliphatic heterocycles. The largest absolute Gasteiger partial charge is 0.504 e. The molecule has 0 fully saturated rings. The molecule has 54 valence electrons. The van der Waals surface area contributed by atoms with E-state index in [0.717, 1.165) is 0 Å². The number of halogens is 1. The van der Waals surface area contributed by atoms with Gasteiger partial charge in [-0.3, -0.25) is 0 Å². The summed E-state index contributed by atoms with van der Waals surface area (Å²) in [6.07, 6.45) is 3.14. The van der Waals surface area contributed by atoms with Crippen LogP contribution < -0.4 is 0 Å². The second kappa shape index (κ2) is 2.50. The molecule has 1 aliphatic carbocycles. The van der Waals surface area contributed by atoms with Crippen LogP contribution in [0.2, 0.25) is 0 Å². The van der Waals surface area contributed by atoms with E-state index in [-0.39, 0.29) is 16.3 Å². The zero-order valence-electron chi connectivity index (χ0n) is 5.21. The Balaban J connectivity index is 3.00. The summed E-state index contributed by atoms with van der Waals surface area (Å²) in [6.45, 7) is 3.56. The maximum absolute atomic E-state index is 9.07. The normalized spacial score (nSPS) is 25.7. The van der Waals surface area contributed by atoms with Crippen molar-refractivity contribution in [3.05, 3.63) is 35.8 Å². The topological polar surface area (TPSA) is 40.5 Å². The third kappa shape index (κ3) is 1.09. The molecular weight excluding hydrogens is 196 g/mol. The zero-order chi connectivity index (χ0) is 7.72. The molecule has 1 unspecified atom stereocenters. The minimum atomic E-state index is -0.135. The molecule has 2 N–H and O–H groups in total. The van der Waals surface area contributed by atoms with Crippen LogP contribution in [-0.2, 0) is 0 Å². The van der Waals surface area contributed by atoms with Crippen LogP contribution in [0.3, 0.4) is 0 Å². The summed E-state index contributed by atoms with van der Waals surface area (Å²) in [6, 6.07) is 0. The molecular formula is C7H7BrO2. The fraction of sp³-hybridized carbons (Fsp3) is 0.143. The number of alkyl halides is 1. The Hall–Kier alpha value is -0.700. The van der Waals surface area contributed by atoms with E-state index in [4.69, 9.17) is 10.2 Å². The molecule has 0 bridgehead atoms. The standard InChI is InChI=1S/C7H7BrO2/c1-4-5(8)2-3-6(9)7(4)10/h2-3,5,9-10H,1H2. The summed E-state index contributed by atoms with van der Waals surface area (Å²) >= 11 is 3.23. The van der Waals surface area contributed by atoms with Crippen LogP contribution in [0.15, 0.2) is 35.8 Å². The molecule has 0 aromatic carbocycles. The molecule has 3 heteroatoms. The molecule has 0 radical (unpaired) electrons. The van der Waals surface area contributed by atoms with Crippen molar-refractivity contribution in [2.24, 2.45) is 0 Å². The van der Waals surface area contributed by atoms with Crippen molar-refractivity contribution in [1.82, 2.24) is 0 Å². The second-order valence-corrected chi connectivity index (χ2v) is 3.01. The highest BCUT2D eigenvalue weighted by Crippen LogP contribution is 2.24. The lowest BCUT2D eigenvalue weighted by Gasteiger charge is -2.13. The van der Waals surface area contributed by atoms with Crippen molar-refractivity contribution in [2.75, 3.05) is 0 Å². The molecule has 10 heavy (non-hydrogen) atoms. The van der Waals surface area contributed by atoms with Crippen LogP contribution >= 0.6 is 15.9 Å². The predicted molar refractivity (Wildman–Crippen MR) is 43.3 cm³/mol. The van der Waals surface area contributed by atoms with Gasteiger partial charge in [0.1, 0.15) is 0 Å². The van der Waals surface area contributed by atoms with Crippen molar-refractivity contribution in [3.8, 4) is 0 Å². The van der Waals surface area contributed by atoms with Gasteiger partial charge in [0.15, 0.2) is 11.5 Å². The number of aliphatic hydroxyl groups excluding tert-OH is 2. The first-order valence-electron chi connectivity index (χ1n) is 2.76. The van der Waals surface area contributed by atoms with E-state index in [1.807, 2.05) is 0 Å². The minimum Gasteiger partial charge on any atom is -0.504 e. The van der Waals surface area contributed by atoms with Gasteiger partial charge < -0.3 is 10.2 Å². The lowest BCUT2D eigenvalue weighted by molar-refractivity contribution is 0.343. The maximum atomic E-state index is 9.07. The first-order chi connectivity index (χ1) is 4.63. The van der Waals surface area contributed by atoms with E-state index in [1.54, 1.807) is 6.08 Å². The summed E-state index contributed by atoms with van der Waals surface area (Å²) in [5.74, 6) is -0.259. The molecule has 1 atom stereocenters. The lowest BCUT2D eigenvalue weighted by atomic mass is 10.1. The lowest BCUT2D eigenvalue weighted by Crippen LogP contribution is -2.06. The number of allylic oxidation sites excluding steroid dienone is 3. The van der Waals surface area contributed by atoms with Crippen LogP contribution in [0.25, 0.3) is 0 Å². The fourth-order valence-electron chi connectivity index (χ4n) is 0.666. The van der Waals surface area contributed by atoms with E-state index in [1.165, 1.54) is 6.08 Å². The van der Waals surface area contributed by atoms with Crippen molar-refractivity contribution in [3.63, 3.8) is 0 Å². The van der Waals surface area contributed by atoms with Gasteiger partial charge in [-0.25, -0.2) is 0 Å². The molecule has 0 spiro atoms. The third-order valence-electron chi connectivity index (χ3n) is 1.30. The fourth-order valence-corrected chi connectivity index (χ4v) is 1.04. The Morgan fingerprint density at radius 2 is 2.10 bits per heavy atom. The van der Waals surface area contributed by atoms with Gasteiger partial charge in [-0.05, 0) is 6.08 Å². The van der Waals surface area contributed by atoms with Crippen molar-refractivity contribution in [2.45, 2.75) is 4.83 Å². The van der Waals surface area contributed by atoms with Crippen LogP contribution in [0.1, 0.15) is 0 Å². The van der Waals surface area contributed by atoms with E-state index in [9.17, 15) is 0 Å². The molecule has 0 amide bonds. The molecule has 0 aromatic rings. The Morgan fingerprint density at radius 3 is 2.60 bits per heavy atom. The van der Waals surface area contributed by atoms with Gasteiger partial charge in [0.25, 0.3) is 0 Å². The monoisotopic (exact) mass is 202 g/mol. The summed E-state index contributed by atoms with van der Waals surface area (Å²) in [5, 5.41) is 18.0. The van der Waals surface area contributed by atoms with Crippen LogP contribution in [0.5, 0.6) is 0 Å². The van der Waals surface area contributed by atoms with Gasteiger partial charge in [-0.15, -0.1) is 0 Å². The summed E-state index contributed by atoms with van der Waals surface area (Å²) < 4.78 is 0. The molecule has 0 saturated carbocycles. The minimum absolute atomic E-state index is 0.0663. The van der Waals surface area contributed by atoms with Gasteiger partial charge >= 0.3 is 0 Å². The first-order valence-corrected chi connectivity index (χ1v) is 3.68. The molecule has 0 aromatic heterocycles. The number of hydrogen-bond donors (Lipinski definition) is 2. The summed E-state index contributed by atoms with van der Waals surface area (Å²) in [4.78, 5) is -0.0663. The maximum Gasteiger partial charge on any atom is 0.161 e. The van der Waals surface area contributed by atoms with Gasteiger partial charge in [0.2, 0.25) is 0 Å². The van der Waals surface area contributed by atoms with Gasteiger partial charge in [0, 0.05) is 5.57 Å². The Labute approximate surface area is 67.3 Å². The van der Waals surface area contributed by atoms with Gasteiger partial charge in [0.05, 0.1) is 4.83 Å². The molecule has 2 nitrogen and oxygen atoms in total. The van der Waals surface area contributed by atoms with Crippen LogP contribution in [0.4, 0.5) is 0 Å². The van der Waals surface area contributed by atoms with Crippen LogP contribution in [0, 0.1) is 0 Å². The SMILES string of the molecule is C=C1C(O)=C(O)C=CC1Br. The highest BCUT2D eigenvalue weighted by molar-refractivity contribution is 9.09. The second-order valence-electron chi connectivity index (χ2n) is 2.02. The average Bonchev–Trinajstić information content (AvgIpc) is 1.93. The highest BCUT2D eigenvalue weighted by Gasteiger charge is 2.16. The predicted octanol–water partition coefficient (Wildman–Crippen LogP) is 2.20. The van der Waals surface area contributed by atoms with E-state index < -0.39 is 0 Å². The molecule has 0 saturated heterocycles. The smallest absolute Gasteiger partial charge is 0.161 e. The van der Waals surface area contributed by atoms with Crippen LogP contribution in [-0.4, -0.2) is 15.0 Å². The zero-order valence-corrected chi connectivity index (χ0v) is 6.80. The Morgan fingerprint density at radius 1 is 1.50 bits per heavy atom. The quantitative estimate of drug-likeness (QED) is 0.592. The van der Waals surface area contributed by atoms with Crippen molar-refractivity contribution < 1.29 is 10.2 Å². The number of aliphatic hydroxyl groups is 2. The van der Waals surface area contributed by atoms with E-state index >= 15 is 0 Å².